The highest BCUT2D eigenvalue weighted by molar-refractivity contribution is 5.96. The molecule has 32 heavy (non-hydrogen) atoms. The highest BCUT2D eigenvalue weighted by Crippen LogP contribution is 2.20. The van der Waals surface area contributed by atoms with Gasteiger partial charge in [-0.05, 0) is 36.6 Å². The van der Waals surface area contributed by atoms with Crippen molar-refractivity contribution in [3.05, 3.63) is 65.6 Å². The zero-order valence-electron chi connectivity index (χ0n) is 19.1. The molecule has 1 aliphatic heterocycles. The number of imidazole rings is 1. The van der Waals surface area contributed by atoms with Crippen LogP contribution in [0.2, 0.25) is 0 Å². The van der Waals surface area contributed by atoms with Gasteiger partial charge in [-0.1, -0.05) is 32.0 Å². The van der Waals surface area contributed by atoms with Crippen LogP contribution in [0, 0.1) is 12.8 Å². The second-order valence-corrected chi connectivity index (χ2v) is 8.80. The molecule has 3 heterocycles. The zero-order valence-corrected chi connectivity index (χ0v) is 19.1. The van der Waals surface area contributed by atoms with Crippen molar-refractivity contribution in [1.82, 2.24) is 19.6 Å². The molecule has 0 aliphatic carbocycles. The summed E-state index contributed by atoms with van der Waals surface area (Å²) >= 11 is 0. The first-order chi connectivity index (χ1) is 15.5. The third-order valence-corrected chi connectivity index (χ3v) is 5.57. The number of aryl methyl sites for hydroxylation is 1. The number of pyridine rings is 1. The maximum Gasteiger partial charge on any atom is 0.255 e. The van der Waals surface area contributed by atoms with E-state index in [0.717, 1.165) is 36.5 Å². The maximum absolute atomic E-state index is 12.9. The van der Waals surface area contributed by atoms with Gasteiger partial charge >= 0.3 is 0 Å². The molecule has 1 saturated heterocycles. The van der Waals surface area contributed by atoms with Crippen LogP contribution in [-0.4, -0.2) is 59.1 Å². The van der Waals surface area contributed by atoms with Gasteiger partial charge in [-0.25, -0.2) is 4.98 Å². The van der Waals surface area contributed by atoms with Crippen LogP contribution in [0.3, 0.4) is 0 Å². The second kappa shape index (κ2) is 10.1. The number of fused-ring (bicyclic) bond motifs is 1. The lowest BCUT2D eigenvalue weighted by molar-refractivity contribution is -0.0295. The van der Waals surface area contributed by atoms with E-state index in [4.69, 9.17) is 9.47 Å². The van der Waals surface area contributed by atoms with Crippen LogP contribution in [0.1, 0.15) is 35.5 Å². The molecule has 3 aromatic rings. The molecule has 1 aromatic carbocycles. The Balaban J connectivity index is 1.36. The Hall–Kier alpha value is -2.90. The molecule has 1 fully saturated rings. The number of carbonyl (C=O) groups is 1. The number of benzene rings is 1. The van der Waals surface area contributed by atoms with E-state index in [0.29, 0.717) is 37.0 Å². The van der Waals surface area contributed by atoms with Crippen LogP contribution < -0.4 is 10.1 Å². The third kappa shape index (κ3) is 5.47. The number of nitrogens with one attached hydrogen (secondary N) is 1. The van der Waals surface area contributed by atoms with E-state index in [-0.39, 0.29) is 12.0 Å². The van der Waals surface area contributed by atoms with Crippen LogP contribution >= 0.6 is 0 Å². The van der Waals surface area contributed by atoms with Gasteiger partial charge in [0.25, 0.3) is 5.91 Å². The molecular formula is C25H32N4O3. The highest BCUT2D eigenvalue weighted by Gasteiger charge is 2.22. The molecule has 4 rings (SSSR count). The fourth-order valence-corrected chi connectivity index (χ4v) is 4.09. The quantitative estimate of drug-likeness (QED) is 0.587. The minimum Gasteiger partial charge on any atom is -0.486 e. The Labute approximate surface area is 189 Å². The summed E-state index contributed by atoms with van der Waals surface area (Å²) in [7, 11) is 0. The summed E-state index contributed by atoms with van der Waals surface area (Å²) in [6.07, 6.45) is 3.92. The lowest BCUT2D eigenvalue weighted by atomic mass is 10.1. The fourth-order valence-electron chi connectivity index (χ4n) is 4.09. The summed E-state index contributed by atoms with van der Waals surface area (Å²) in [5, 5.41) is 3.02. The first-order valence-corrected chi connectivity index (χ1v) is 11.3. The van der Waals surface area contributed by atoms with Crippen LogP contribution in [0.5, 0.6) is 5.75 Å². The number of hydrogen-bond acceptors (Lipinski definition) is 5. The molecule has 170 valence electrons. The molecule has 0 spiro atoms. The minimum absolute atomic E-state index is 0.000688. The summed E-state index contributed by atoms with van der Waals surface area (Å²) in [6, 6.07) is 11.3. The van der Waals surface area contributed by atoms with Crippen LogP contribution in [0.25, 0.3) is 5.65 Å². The molecule has 1 N–H and O–H groups in total. The van der Waals surface area contributed by atoms with Gasteiger partial charge < -0.3 is 19.2 Å². The van der Waals surface area contributed by atoms with E-state index >= 15 is 0 Å². The molecule has 1 unspecified atom stereocenters. The van der Waals surface area contributed by atoms with Gasteiger partial charge in [0.05, 0.1) is 24.0 Å². The van der Waals surface area contributed by atoms with Crippen molar-refractivity contribution in [1.29, 1.82) is 0 Å². The fraction of sp³-hybridized carbons (Fsp3) is 0.440. The largest absolute Gasteiger partial charge is 0.486 e. The van der Waals surface area contributed by atoms with Gasteiger partial charge in [-0.2, -0.15) is 0 Å². The predicted octanol–water partition coefficient (Wildman–Crippen LogP) is 3.31. The second-order valence-electron chi connectivity index (χ2n) is 8.80. The van der Waals surface area contributed by atoms with E-state index in [1.54, 1.807) is 6.07 Å². The average molecular weight is 437 g/mol. The van der Waals surface area contributed by atoms with Crippen molar-refractivity contribution < 1.29 is 14.3 Å². The number of amides is 1. The zero-order chi connectivity index (χ0) is 22.5. The highest BCUT2D eigenvalue weighted by atomic mass is 16.5. The van der Waals surface area contributed by atoms with Crippen molar-refractivity contribution in [2.75, 3.05) is 32.8 Å². The average Bonchev–Trinajstić information content (AvgIpc) is 3.21. The number of carbonyl (C=O) groups excluding carboxylic acids is 1. The van der Waals surface area contributed by atoms with Crippen LogP contribution in [0.15, 0.2) is 48.8 Å². The first-order valence-electron chi connectivity index (χ1n) is 11.3. The number of hydrogen-bond donors (Lipinski definition) is 1. The third-order valence-electron chi connectivity index (χ3n) is 5.57. The van der Waals surface area contributed by atoms with E-state index in [1.807, 2.05) is 54.0 Å². The molecule has 2 aromatic heterocycles. The van der Waals surface area contributed by atoms with E-state index in [9.17, 15) is 4.79 Å². The van der Waals surface area contributed by atoms with Crippen molar-refractivity contribution >= 4 is 11.6 Å². The molecule has 7 heteroatoms. The summed E-state index contributed by atoms with van der Waals surface area (Å²) in [5.41, 5.74) is 3.35. The van der Waals surface area contributed by atoms with E-state index in [1.165, 1.54) is 0 Å². The van der Waals surface area contributed by atoms with Crippen molar-refractivity contribution in [3.63, 3.8) is 0 Å². The number of rotatable bonds is 8. The van der Waals surface area contributed by atoms with Gasteiger partial charge in [0.15, 0.2) is 0 Å². The predicted molar refractivity (Wildman–Crippen MR) is 124 cm³/mol. The summed E-state index contributed by atoms with van der Waals surface area (Å²) in [4.78, 5) is 19.9. The van der Waals surface area contributed by atoms with Gasteiger partial charge in [-0.15, -0.1) is 0 Å². The van der Waals surface area contributed by atoms with Crippen molar-refractivity contribution in [2.45, 2.75) is 33.5 Å². The van der Waals surface area contributed by atoms with Gasteiger partial charge in [0.2, 0.25) is 0 Å². The lowest BCUT2D eigenvalue weighted by Gasteiger charge is -2.34. The SMILES string of the molecule is Cc1cccn2cc(COc3ccccc3C(=O)NCC3CN(CC(C)C)CCO3)nc12. The molecule has 1 aliphatic rings. The molecule has 1 atom stereocenters. The van der Waals surface area contributed by atoms with Crippen molar-refractivity contribution in [3.8, 4) is 5.75 Å². The maximum atomic E-state index is 12.9. The summed E-state index contributed by atoms with van der Waals surface area (Å²) in [5.74, 6) is 1.00. The Kier molecular flexibility index (Phi) is 7.07. The first kappa shape index (κ1) is 22.3. The Morgan fingerprint density at radius 2 is 2.12 bits per heavy atom. The monoisotopic (exact) mass is 436 g/mol. The van der Waals surface area contributed by atoms with Gasteiger partial charge in [-0.3, -0.25) is 9.69 Å². The molecule has 0 saturated carbocycles. The molecule has 1 amide bonds. The molecule has 0 radical (unpaired) electrons. The van der Waals surface area contributed by atoms with E-state index < -0.39 is 0 Å². The van der Waals surface area contributed by atoms with Gasteiger partial charge in [0.1, 0.15) is 18.0 Å². The number of morpholine rings is 1. The molecule has 7 nitrogen and oxygen atoms in total. The number of ether oxygens (including phenoxy) is 2. The lowest BCUT2D eigenvalue weighted by Crippen LogP contribution is -2.48. The van der Waals surface area contributed by atoms with Crippen LogP contribution in [0.4, 0.5) is 0 Å². The van der Waals surface area contributed by atoms with E-state index in [2.05, 4.69) is 29.0 Å². The minimum atomic E-state index is -0.156. The van der Waals surface area contributed by atoms with Gasteiger partial charge in [0, 0.05) is 38.6 Å². The summed E-state index contributed by atoms with van der Waals surface area (Å²) in [6.45, 7) is 10.8. The Bertz CT molecular complexity index is 1060. The Morgan fingerprint density at radius 3 is 2.94 bits per heavy atom. The molecule has 0 bridgehead atoms. The number of nitrogens with zero attached hydrogens (tertiary/aromatic N) is 3. The van der Waals surface area contributed by atoms with Crippen LogP contribution in [-0.2, 0) is 11.3 Å². The topological polar surface area (TPSA) is 68.1 Å². The summed E-state index contributed by atoms with van der Waals surface area (Å²) < 4.78 is 13.8. The number of aromatic nitrogens is 2. The number of para-hydroxylation sites is 1. The van der Waals surface area contributed by atoms with Crippen molar-refractivity contribution in [2.24, 2.45) is 5.92 Å². The smallest absolute Gasteiger partial charge is 0.255 e. The Morgan fingerprint density at radius 1 is 1.28 bits per heavy atom. The molecular weight excluding hydrogens is 404 g/mol. The normalized spacial score (nSPS) is 17.1. The standard InChI is InChI=1S/C25H32N4O3/c1-18(2)14-28-11-12-31-21(16-28)13-26-25(30)22-8-4-5-9-23(22)32-17-20-15-29-10-6-7-19(3)24(29)27-20/h4-10,15,18,21H,11-14,16-17H2,1-3H3,(H,26,30).